The molecule has 1 N–H and O–H groups in total. The molecule has 2 aromatic rings. The van der Waals surface area contributed by atoms with Crippen LogP contribution in [0, 0.1) is 0 Å². The molecule has 2 rings (SSSR count). The van der Waals surface area contributed by atoms with Crippen molar-refractivity contribution < 1.29 is 0 Å². The smallest absolute Gasteiger partial charge is 0.0243 e. The van der Waals surface area contributed by atoms with E-state index in [0.717, 1.165) is 12.3 Å². The lowest BCUT2D eigenvalue weighted by atomic mass is 10.2. The topological polar surface area (TPSA) is 12.0 Å². The van der Waals surface area contributed by atoms with Gasteiger partial charge in [0.2, 0.25) is 0 Å². The Bertz CT molecular complexity index is 496. The van der Waals surface area contributed by atoms with Crippen LogP contribution >= 0.6 is 27.7 Å². The molecule has 94 valence electrons. The van der Waals surface area contributed by atoms with Gasteiger partial charge in [0.1, 0.15) is 0 Å². The predicted octanol–water partition coefficient (Wildman–Crippen LogP) is 4.46. The summed E-state index contributed by atoms with van der Waals surface area (Å²) in [5, 5.41) is 3.16. The van der Waals surface area contributed by atoms with Crippen LogP contribution in [0.15, 0.2) is 57.9 Å². The van der Waals surface area contributed by atoms with E-state index in [1.165, 1.54) is 20.5 Å². The van der Waals surface area contributed by atoms with Crippen LogP contribution in [0.2, 0.25) is 0 Å². The van der Waals surface area contributed by atoms with E-state index in [0.29, 0.717) is 0 Å². The SMILES string of the molecule is CNCc1ccc(SCc2ccccc2Br)cc1. The average Bonchev–Trinajstić information content (AvgIpc) is 2.40. The van der Waals surface area contributed by atoms with E-state index in [-0.39, 0.29) is 0 Å². The van der Waals surface area contributed by atoms with E-state index >= 15 is 0 Å². The average molecular weight is 322 g/mol. The summed E-state index contributed by atoms with van der Waals surface area (Å²) in [7, 11) is 1.97. The molecular formula is C15H16BrNS. The Balaban J connectivity index is 1.96. The van der Waals surface area contributed by atoms with Gasteiger partial charge in [0, 0.05) is 21.7 Å². The van der Waals surface area contributed by atoms with Gasteiger partial charge in [0.25, 0.3) is 0 Å². The van der Waals surface area contributed by atoms with Crippen molar-refractivity contribution >= 4 is 27.7 Å². The normalized spacial score (nSPS) is 10.6. The van der Waals surface area contributed by atoms with E-state index in [1.54, 1.807) is 0 Å². The van der Waals surface area contributed by atoms with Crippen LogP contribution in [0.3, 0.4) is 0 Å². The molecule has 0 heterocycles. The molecule has 18 heavy (non-hydrogen) atoms. The van der Waals surface area contributed by atoms with Crippen molar-refractivity contribution in [2.75, 3.05) is 7.05 Å². The zero-order valence-electron chi connectivity index (χ0n) is 10.3. The Hall–Kier alpha value is -0.770. The molecular weight excluding hydrogens is 306 g/mol. The number of hydrogen-bond acceptors (Lipinski definition) is 2. The summed E-state index contributed by atoms with van der Waals surface area (Å²) in [6.45, 7) is 0.926. The first-order chi connectivity index (χ1) is 8.79. The van der Waals surface area contributed by atoms with E-state index in [9.17, 15) is 0 Å². The van der Waals surface area contributed by atoms with Gasteiger partial charge in [-0.3, -0.25) is 0 Å². The molecule has 0 amide bonds. The first-order valence-corrected chi connectivity index (χ1v) is 7.67. The second kappa shape index (κ2) is 6.98. The largest absolute Gasteiger partial charge is 0.316 e. The van der Waals surface area contributed by atoms with Gasteiger partial charge in [0.05, 0.1) is 0 Å². The standard InChI is InChI=1S/C15H16BrNS/c1-17-10-12-6-8-14(9-7-12)18-11-13-4-2-3-5-15(13)16/h2-9,17H,10-11H2,1H3. The highest BCUT2D eigenvalue weighted by atomic mass is 79.9. The third kappa shape index (κ3) is 3.87. The third-order valence-electron chi connectivity index (χ3n) is 2.66. The second-order valence-electron chi connectivity index (χ2n) is 4.05. The molecule has 3 heteroatoms. The van der Waals surface area contributed by atoms with Crippen LogP contribution in [0.1, 0.15) is 11.1 Å². The Morgan fingerprint density at radius 2 is 1.78 bits per heavy atom. The van der Waals surface area contributed by atoms with E-state index in [1.807, 2.05) is 24.9 Å². The fourth-order valence-corrected chi connectivity index (χ4v) is 3.20. The summed E-state index contributed by atoms with van der Waals surface area (Å²) in [5.74, 6) is 0.993. The third-order valence-corrected chi connectivity index (χ3v) is 4.49. The summed E-state index contributed by atoms with van der Waals surface area (Å²) in [5.41, 5.74) is 2.66. The van der Waals surface area contributed by atoms with Crippen LogP contribution in [-0.2, 0) is 12.3 Å². The molecule has 0 aliphatic rings. The maximum absolute atomic E-state index is 3.58. The van der Waals surface area contributed by atoms with E-state index in [2.05, 4.69) is 63.7 Å². The van der Waals surface area contributed by atoms with Gasteiger partial charge in [-0.15, -0.1) is 11.8 Å². The van der Waals surface area contributed by atoms with Gasteiger partial charge in [-0.25, -0.2) is 0 Å². The quantitative estimate of drug-likeness (QED) is 0.816. The summed E-state index contributed by atoms with van der Waals surface area (Å²) >= 11 is 5.44. The highest BCUT2D eigenvalue weighted by molar-refractivity contribution is 9.10. The molecule has 2 aromatic carbocycles. The Kier molecular flexibility index (Phi) is 5.29. The molecule has 0 saturated heterocycles. The molecule has 0 aliphatic heterocycles. The van der Waals surface area contributed by atoms with Crippen molar-refractivity contribution in [3.63, 3.8) is 0 Å². The fourth-order valence-electron chi connectivity index (χ4n) is 1.68. The Labute approximate surface area is 121 Å². The Morgan fingerprint density at radius 3 is 2.44 bits per heavy atom. The molecule has 0 radical (unpaired) electrons. The zero-order valence-corrected chi connectivity index (χ0v) is 12.7. The highest BCUT2D eigenvalue weighted by Crippen LogP contribution is 2.26. The minimum Gasteiger partial charge on any atom is -0.316 e. The number of benzene rings is 2. The summed E-state index contributed by atoms with van der Waals surface area (Å²) in [4.78, 5) is 1.31. The monoisotopic (exact) mass is 321 g/mol. The first kappa shape index (κ1) is 13.7. The van der Waals surface area contributed by atoms with E-state index < -0.39 is 0 Å². The number of hydrogen-bond donors (Lipinski definition) is 1. The van der Waals surface area contributed by atoms with Crippen LogP contribution in [0.4, 0.5) is 0 Å². The maximum atomic E-state index is 3.58. The van der Waals surface area contributed by atoms with Crippen LogP contribution in [0.25, 0.3) is 0 Å². The summed E-state index contributed by atoms with van der Waals surface area (Å²) < 4.78 is 1.18. The molecule has 1 nitrogen and oxygen atoms in total. The highest BCUT2D eigenvalue weighted by Gasteiger charge is 2.00. The number of halogens is 1. The molecule has 0 unspecified atom stereocenters. The lowest BCUT2D eigenvalue weighted by Crippen LogP contribution is -2.04. The van der Waals surface area contributed by atoms with Crippen molar-refractivity contribution in [2.24, 2.45) is 0 Å². The molecule has 0 aromatic heterocycles. The van der Waals surface area contributed by atoms with Crippen molar-refractivity contribution in [3.05, 3.63) is 64.1 Å². The van der Waals surface area contributed by atoms with Gasteiger partial charge in [-0.1, -0.05) is 46.3 Å². The second-order valence-corrected chi connectivity index (χ2v) is 5.96. The maximum Gasteiger partial charge on any atom is 0.0243 e. The molecule has 0 bridgehead atoms. The number of nitrogens with one attached hydrogen (secondary N) is 1. The number of rotatable bonds is 5. The van der Waals surface area contributed by atoms with Crippen molar-refractivity contribution in [1.29, 1.82) is 0 Å². The van der Waals surface area contributed by atoms with Gasteiger partial charge < -0.3 is 5.32 Å². The molecule has 0 spiro atoms. The molecule has 0 atom stereocenters. The van der Waals surface area contributed by atoms with Crippen LogP contribution in [-0.4, -0.2) is 7.05 Å². The number of thioether (sulfide) groups is 1. The lowest BCUT2D eigenvalue weighted by Gasteiger charge is -2.05. The van der Waals surface area contributed by atoms with Crippen LogP contribution < -0.4 is 5.32 Å². The fraction of sp³-hybridized carbons (Fsp3) is 0.200. The first-order valence-electron chi connectivity index (χ1n) is 5.89. The summed E-state index contributed by atoms with van der Waals surface area (Å²) in [6, 6.07) is 17.1. The molecule has 0 aliphatic carbocycles. The van der Waals surface area contributed by atoms with Crippen molar-refractivity contribution in [2.45, 2.75) is 17.2 Å². The molecule has 0 fully saturated rings. The summed E-state index contributed by atoms with van der Waals surface area (Å²) in [6.07, 6.45) is 0. The minimum atomic E-state index is 0.926. The van der Waals surface area contributed by atoms with Gasteiger partial charge in [-0.05, 0) is 36.4 Å². The van der Waals surface area contributed by atoms with Crippen molar-refractivity contribution in [1.82, 2.24) is 5.32 Å². The van der Waals surface area contributed by atoms with E-state index in [4.69, 9.17) is 0 Å². The van der Waals surface area contributed by atoms with Gasteiger partial charge in [-0.2, -0.15) is 0 Å². The minimum absolute atomic E-state index is 0.926. The molecule has 0 saturated carbocycles. The zero-order chi connectivity index (χ0) is 12.8. The lowest BCUT2D eigenvalue weighted by molar-refractivity contribution is 0.817. The van der Waals surface area contributed by atoms with Crippen LogP contribution in [0.5, 0.6) is 0 Å². The van der Waals surface area contributed by atoms with Crippen molar-refractivity contribution in [3.8, 4) is 0 Å². The van der Waals surface area contributed by atoms with Gasteiger partial charge >= 0.3 is 0 Å². The Morgan fingerprint density at radius 1 is 1.06 bits per heavy atom. The van der Waals surface area contributed by atoms with Gasteiger partial charge in [0.15, 0.2) is 0 Å². The predicted molar refractivity (Wildman–Crippen MR) is 82.9 cm³/mol.